The standard InChI is InChI=1S/C23H26ClN7O2/c1-3-25-22(32)16-6-4-5-7-19(16)28-21-17(24)14-26-23(30-21)29-18-8-9-20(27-15(18)2)31-10-12-33-13-11-31/h4-9,14H,3,10-13H2,1-2H3,(H,25,32)(H2,26,28,29,30). The van der Waals surface area contributed by atoms with Crippen molar-refractivity contribution in [1.29, 1.82) is 0 Å². The van der Waals surface area contributed by atoms with Crippen molar-refractivity contribution in [2.24, 2.45) is 0 Å². The molecule has 1 aliphatic rings. The van der Waals surface area contributed by atoms with Crippen molar-refractivity contribution in [3.8, 4) is 0 Å². The minimum absolute atomic E-state index is 0.175. The minimum Gasteiger partial charge on any atom is -0.378 e. The monoisotopic (exact) mass is 467 g/mol. The minimum atomic E-state index is -0.175. The molecule has 1 amide bonds. The number of amides is 1. The number of halogens is 1. The van der Waals surface area contributed by atoms with E-state index in [1.165, 1.54) is 6.20 Å². The number of carbonyl (C=O) groups excluding carboxylic acids is 1. The van der Waals surface area contributed by atoms with E-state index in [2.05, 4.69) is 30.8 Å². The molecule has 0 atom stereocenters. The number of carbonyl (C=O) groups is 1. The molecule has 1 aliphatic heterocycles. The normalized spacial score (nSPS) is 13.5. The zero-order valence-electron chi connectivity index (χ0n) is 18.6. The average molecular weight is 468 g/mol. The summed E-state index contributed by atoms with van der Waals surface area (Å²) in [7, 11) is 0. The molecule has 3 N–H and O–H groups in total. The average Bonchev–Trinajstić information content (AvgIpc) is 2.83. The fraction of sp³-hybridized carbons (Fsp3) is 0.304. The molecule has 0 saturated carbocycles. The van der Waals surface area contributed by atoms with Crippen molar-refractivity contribution in [3.05, 3.63) is 58.9 Å². The fourth-order valence-electron chi connectivity index (χ4n) is 3.46. The van der Waals surface area contributed by atoms with Gasteiger partial charge >= 0.3 is 0 Å². The highest BCUT2D eigenvalue weighted by Gasteiger charge is 2.15. The molecule has 3 aromatic rings. The van der Waals surface area contributed by atoms with Crippen LogP contribution in [0.4, 0.5) is 29.0 Å². The Balaban J connectivity index is 1.53. The first-order valence-corrected chi connectivity index (χ1v) is 11.2. The van der Waals surface area contributed by atoms with Gasteiger partial charge in [0.05, 0.1) is 42.0 Å². The van der Waals surface area contributed by atoms with E-state index in [0.29, 0.717) is 47.8 Å². The van der Waals surface area contributed by atoms with Crippen LogP contribution in [0, 0.1) is 6.92 Å². The molecule has 10 heteroatoms. The maximum absolute atomic E-state index is 12.4. The summed E-state index contributed by atoms with van der Waals surface area (Å²) in [6, 6.07) is 11.1. The van der Waals surface area contributed by atoms with Crippen LogP contribution in [0.25, 0.3) is 0 Å². The molecule has 1 aromatic carbocycles. The van der Waals surface area contributed by atoms with E-state index in [4.69, 9.17) is 21.3 Å². The highest BCUT2D eigenvalue weighted by molar-refractivity contribution is 6.33. The number of nitrogens with zero attached hydrogens (tertiary/aromatic N) is 4. The summed E-state index contributed by atoms with van der Waals surface area (Å²) < 4.78 is 5.41. The molecule has 3 heterocycles. The van der Waals surface area contributed by atoms with E-state index in [1.54, 1.807) is 18.2 Å². The first-order valence-electron chi connectivity index (χ1n) is 10.8. The van der Waals surface area contributed by atoms with Crippen molar-refractivity contribution in [2.75, 3.05) is 48.4 Å². The number of morpholine rings is 1. The number of rotatable bonds is 7. The molecular weight excluding hydrogens is 442 g/mol. The van der Waals surface area contributed by atoms with E-state index in [9.17, 15) is 4.79 Å². The van der Waals surface area contributed by atoms with E-state index >= 15 is 0 Å². The van der Waals surface area contributed by atoms with Crippen LogP contribution >= 0.6 is 11.6 Å². The number of pyridine rings is 1. The first-order chi connectivity index (χ1) is 16.0. The van der Waals surface area contributed by atoms with Gasteiger partial charge in [0.15, 0.2) is 5.82 Å². The van der Waals surface area contributed by atoms with Crippen LogP contribution in [0.2, 0.25) is 5.02 Å². The second-order valence-corrected chi connectivity index (χ2v) is 7.85. The summed E-state index contributed by atoms with van der Waals surface area (Å²) in [6.07, 6.45) is 1.51. The van der Waals surface area contributed by atoms with Crippen LogP contribution in [-0.4, -0.2) is 53.7 Å². The van der Waals surface area contributed by atoms with Crippen molar-refractivity contribution >= 4 is 46.5 Å². The van der Waals surface area contributed by atoms with Crippen LogP contribution in [0.3, 0.4) is 0 Å². The summed E-state index contributed by atoms with van der Waals surface area (Å²) in [6.45, 7) is 7.41. The Morgan fingerprint density at radius 3 is 2.64 bits per heavy atom. The van der Waals surface area contributed by atoms with E-state index in [-0.39, 0.29) is 5.91 Å². The van der Waals surface area contributed by atoms with Gasteiger partial charge in [-0.25, -0.2) is 9.97 Å². The third kappa shape index (κ3) is 5.50. The second kappa shape index (κ2) is 10.5. The summed E-state index contributed by atoms with van der Waals surface area (Å²) >= 11 is 6.34. The van der Waals surface area contributed by atoms with E-state index < -0.39 is 0 Å². The molecule has 0 unspecified atom stereocenters. The van der Waals surface area contributed by atoms with Gasteiger partial charge in [0, 0.05) is 19.6 Å². The molecule has 1 fully saturated rings. The van der Waals surface area contributed by atoms with Crippen LogP contribution in [0.5, 0.6) is 0 Å². The van der Waals surface area contributed by atoms with Gasteiger partial charge in [-0.05, 0) is 38.1 Å². The predicted molar refractivity (Wildman–Crippen MR) is 130 cm³/mol. The zero-order chi connectivity index (χ0) is 23.2. The molecule has 0 aliphatic carbocycles. The highest BCUT2D eigenvalue weighted by Crippen LogP contribution is 2.28. The van der Waals surface area contributed by atoms with Crippen molar-refractivity contribution in [1.82, 2.24) is 20.3 Å². The van der Waals surface area contributed by atoms with Crippen LogP contribution in [0.1, 0.15) is 23.0 Å². The van der Waals surface area contributed by atoms with Gasteiger partial charge in [-0.3, -0.25) is 4.79 Å². The number of hydrogen-bond acceptors (Lipinski definition) is 8. The zero-order valence-corrected chi connectivity index (χ0v) is 19.3. The molecule has 0 spiro atoms. The Bertz CT molecular complexity index is 1140. The topological polar surface area (TPSA) is 104 Å². The van der Waals surface area contributed by atoms with Crippen LogP contribution in [0.15, 0.2) is 42.6 Å². The van der Waals surface area contributed by atoms with Crippen molar-refractivity contribution in [2.45, 2.75) is 13.8 Å². The largest absolute Gasteiger partial charge is 0.378 e. The molecule has 172 valence electrons. The van der Waals surface area contributed by atoms with E-state index in [0.717, 1.165) is 30.3 Å². The van der Waals surface area contributed by atoms with E-state index in [1.807, 2.05) is 32.0 Å². The summed E-state index contributed by atoms with van der Waals surface area (Å²) in [4.78, 5) is 28.1. The molecular formula is C23H26ClN7O2. The quantitative estimate of drug-likeness (QED) is 0.480. The maximum atomic E-state index is 12.4. The van der Waals surface area contributed by atoms with Crippen LogP contribution < -0.4 is 20.9 Å². The lowest BCUT2D eigenvalue weighted by Gasteiger charge is -2.28. The number of aryl methyl sites for hydroxylation is 1. The van der Waals surface area contributed by atoms with Gasteiger partial charge < -0.3 is 25.6 Å². The Morgan fingerprint density at radius 1 is 1.09 bits per heavy atom. The van der Waals surface area contributed by atoms with Crippen molar-refractivity contribution in [3.63, 3.8) is 0 Å². The lowest BCUT2D eigenvalue weighted by atomic mass is 10.1. The molecule has 9 nitrogen and oxygen atoms in total. The molecule has 0 radical (unpaired) electrons. The number of aromatic nitrogens is 3. The third-order valence-corrected chi connectivity index (χ3v) is 5.44. The van der Waals surface area contributed by atoms with Gasteiger partial charge in [-0.2, -0.15) is 4.98 Å². The fourth-order valence-corrected chi connectivity index (χ4v) is 3.60. The van der Waals surface area contributed by atoms with Crippen LogP contribution in [-0.2, 0) is 4.74 Å². The Hall–Kier alpha value is -3.43. The molecule has 1 saturated heterocycles. The number of para-hydroxylation sites is 1. The molecule has 4 rings (SSSR count). The predicted octanol–water partition coefficient (Wildman–Crippen LogP) is 3.91. The smallest absolute Gasteiger partial charge is 0.253 e. The molecule has 2 aromatic heterocycles. The van der Waals surface area contributed by atoms with Gasteiger partial charge in [0.2, 0.25) is 5.95 Å². The maximum Gasteiger partial charge on any atom is 0.253 e. The Kier molecular flexibility index (Phi) is 7.21. The van der Waals surface area contributed by atoms with Gasteiger partial charge in [0.25, 0.3) is 5.91 Å². The second-order valence-electron chi connectivity index (χ2n) is 7.45. The number of ether oxygens (including phenoxy) is 1. The first kappa shape index (κ1) is 22.8. The number of anilines is 5. The number of benzene rings is 1. The van der Waals surface area contributed by atoms with Gasteiger partial charge in [-0.1, -0.05) is 23.7 Å². The highest BCUT2D eigenvalue weighted by atomic mass is 35.5. The number of nitrogens with one attached hydrogen (secondary N) is 3. The number of hydrogen-bond donors (Lipinski definition) is 3. The lowest BCUT2D eigenvalue weighted by molar-refractivity contribution is 0.0956. The Morgan fingerprint density at radius 2 is 1.88 bits per heavy atom. The molecule has 0 bridgehead atoms. The molecule has 33 heavy (non-hydrogen) atoms. The summed E-state index contributed by atoms with van der Waals surface area (Å²) in [5.74, 6) is 1.50. The lowest BCUT2D eigenvalue weighted by Crippen LogP contribution is -2.36. The van der Waals surface area contributed by atoms with Gasteiger partial charge in [-0.15, -0.1) is 0 Å². The summed E-state index contributed by atoms with van der Waals surface area (Å²) in [5.41, 5.74) is 2.72. The van der Waals surface area contributed by atoms with Crippen molar-refractivity contribution < 1.29 is 9.53 Å². The van der Waals surface area contributed by atoms with Gasteiger partial charge in [0.1, 0.15) is 10.8 Å². The SMILES string of the molecule is CCNC(=O)c1ccccc1Nc1nc(Nc2ccc(N3CCOCC3)nc2C)ncc1Cl. The Labute approximate surface area is 197 Å². The third-order valence-electron chi connectivity index (χ3n) is 5.16. The summed E-state index contributed by atoms with van der Waals surface area (Å²) in [5, 5.41) is 9.51.